The second kappa shape index (κ2) is 6.44. The normalized spacial score (nSPS) is 15.0. The van der Waals surface area contributed by atoms with E-state index in [4.69, 9.17) is 5.73 Å². The third-order valence-corrected chi connectivity index (χ3v) is 4.63. The molecule has 0 aliphatic heterocycles. The van der Waals surface area contributed by atoms with Gasteiger partial charge in [0.15, 0.2) is 0 Å². The van der Waals surface area contributed by atoms with Crippen LogP contribution in [0.25, 0.3) is 0 Å². The minimum atomic E-state index is 0.534. The van der Waals surface area contributed by atoms with Crippen molar-refractivity contribution in [1.29, 1.82) is 0 Å². The Labute approximate surface area is 128 Å². The molecule has 0 aromatic heterocycles. The second-order valence-electron chi connectivity index (χ2n) is 6.46. The van der Waals surface area contributed by atoms with E-state index in [0.717, 1.165) is 19.4 Å². The molecule has 1 heteroatoms. The number of rotatable bonds is 5. The van der Waals surface area contributed by atoms with Crippen LogP contribution in [0.3, 0.4) is 0 Å². The van der Waals surface area contributed by atoms with Crippen molar-refractivity contribution in [1.82, 2.24) is 0 Å². The van der Waals surface area contributed by atoms with E-state index in [9.17, 15) is 0 Å². The molecule has 0 amide bonds. The number of hydrogen-bond acceptors (Lipinski definition) is 1. The van der Waals surface area contributed by atoms with Gasteiger partial charge in [0.2, 0.25) is 0 Å². The highest BCUT2D eigenvalue weighted by molar-refractivity contribution is 5.35. The van der Waals surface area contributed by atoms with E-state index in [2.05, 4.69) is 49.4 Å². The van der Waals surface area contributed by atoms with Crippen molar-refractivity contribution in [2.45, 2.75) is 39.0 Å². The van der Waals surface area contributed by atoms with E-state index in [1.165, 1.54) is 36.0 Å². The minimum absolute atomic E-state index is 0.534. The molecule has 1 aliphatic rings. The molecular formula is C20H25N. The SMILES string of the molecule is Cc1cccc(CC(CN)Cc2ccc3c(c2)CCC3)c1. The predicted octanol–water partition coefficient (Wildman–Crippen LogP) is 3.84. The Morgan fingerprint density at radius 1 is 0.952 bits per heavy atom. The van der Waals surface area contributed by atoms with Crippen molar-refractivity contribution in [3.05, 3.63) is 70.3 Å². The third kappa shape index (κ3) is 3.54. The van der Waals surface area contributed by atoms with Gasteiger partial charge in [0.25, 0.3) is 0 Å². The van der Waals surface area contributed by atoms with E-state index in [1.54, 1.807) is 11.1 Å². The van der Waals surface area contributed by atoms with Crippen LogP contribution >= 0.6 is 0 Å². The summed E-state index contributed by atoms with van der Waals surface area (Å²) in [6.45, 7) is 2.91. The smallest absolute Gasteiger partial charge is 0.00425 e. The molecule has 1 atom stereocenters. The highest BCUT2D eigenvalue weighted by atomic mass is 14.5. The first-order valence-electron chi connectivity index (χ1n) is 8.11. The number of nitrogens with two attached hydrogens (primary N) is 1. The molecule has 2 aromatic carbocycles. The monoisotopic (exact) mass is 279 g/mol. The zero-order valence-electron chi connectivity index (χ0n) is 12.9. The van der Waals surface area contributed by atoms with Crippen LogP contribution in [-0.2, 0) is 25.7 Å². The van der Waals surface area contributed by atoms with Gasteiger partial charge in [0, 0.05) is 0 Å². The summed E-state index contributed by atoms with van der Waals surface area (Å²) in [5.41, 5.74) is 13.3. The fourth-order valence-corrected chi connectivity index (χ4v) is 3.50. The first kappa shape index (κ1) is 14.3. The van der Waals surface area contributed by atoms with Crippen LogP contribution < -0.4 is 5.73 Å². The lowest BCUT2D eigenvalue weighted by Crippen LogP contribution is -2.19. The van der Waals surface area contributed by atoms with Gasteiger partial charge in [-0.25, -0.2) is 0 Å². The molecule has 0 radical (unpaired) electrons. The Balaban J connectivity index is 1.69. The van der Waals surface area contributed by atoms with Crippen LogP contribution in [0, 0.1) is 12.8 Å². The lowest BCUT2D eigenvalue weighted by molar-refractivity contribution is 0.533. The van der Waals surface area contributed by atoms with Gasteiger partial charge in [-0.15, -0.1) is 0 Å². The summed E-state index contributed by atoms with van der Waals surface area (Å²) in [4.78, 5) is 0. The Bertz CT molecular complexity index is 615. The van der Waals surface area contributed by atoms with Crippen molar-refractivity contribution < 1.29 is 0 Å². The maximum atomic E-state index is 6.02. The Morgan fingerprint density at radius 2 is 1.71 bits per heavy atom. The minimum Gasteiger partial charge on any atom is -0.330 e. The summed E-state index contributed by atoms with van der Waals surface area (Å²) in [6.07, 6.45) is 6.02. The van der Waals surface area contributed by atoms with Gasteiger partial charge in [-0.2, -0.15) is 0 Å². The largest absolute Gasteiger partial charge is 0.330 e. The fourth-order valence-electron chi connectivity index (χ4n) is 3.50. The highest BCUT2D eigenvalue weighted by Crippen LogP contribution is 2.24. The van der Waals surface area contributed by atoms with Gasteiger partial charge < -0.3 is 5.73 Å². The molecule has 0 spiro atoms. The van der Waals surface area contributed by atoms with Crippen molar-refractivity contribution in [3.8, 4) is 0 Å². The Kier molecular flexibility index (Phi) is 4.40. The van der Waals surface area contributed by atoms with Crippen LogP contribution in [0.2, 0.25) is 0 Å². The molecule has 0 fully saturated rings. The van der Waals surface area contributed by atoms with Crippen LogP contribution in [0.1, 0.15) is 34.2 Å². The lowest BCUT2D eigenvalue weighted by Gasteiger charge is -2.16. The maximum Gasteiger partial charge on any atom is -0.00425 e. The molecule has 1 aliphatic carbocycles. The summed E-state index contributed by atoms with van der Waals surface area (Å²) in [5, 5.41) is 0. The van der Waals surface area contributed by atoms with Crippen LogP contribution in [0.4, 0.5) is 0 Å². The standard InChI is InChI=1S/C20H25N/c1-15-4-2-5-16(10-15)11-18(14-21)12-17-8-9-19-6-3-7-20(19)13-17/h2,4-5,8-10,13,18H,3,6-7,11-12,14,21H2,1H3. The van der Waals surface area contributed by atoms with Gasteiger partial charge >= 0.3 is 0 Å². The summed E-state index contributed by atoms with van der Waals surface area (Å²) in [6, 6.07) is 15.9. The molecule has 1 unspecified atom stereocenters. The van der Waals surface area contributed by atoms with Crippen molar-refractivity contribution in [3.63, 3.8) is 0 Å². The van der Waals surface area contributed by atoms with Crippen LogP contribution in [0.15, 0.2) is 42.5 Å². The topological polar surface area (TPSA) is 26.0 Å². The van der Waals surface area contributed by atoms with Crippen molar-refractivity contribution >= 4 is 0 Å². The average Bonchev–Trinajstić information content (AvgIpc) is 2.94. The first-order chi connectivity index (χ1) is 10.2. The quantitative estimate of drug-likeness (QED) is 0.884. The molecule has 0 heterocycles. The number of fused-ring (bicyclic) bond motifs is 1. The summed E-state index contributed by atoms with van der Waals surface area (Å²) < 4.78 is 0. The molecule has 0 saturated carbocycles. The zero-order valence-corrected chi connectivity index (χ0v) is 12.9. The van der Waals surface area contributed by atoms with Gasteiger partial charge in [-0.3, -0.25) is 0 Å². The average molecular weight is 279 g/mol. The maximum absolute atomic E-state index is 6.02. The molecular weight excluding hydrogens is 254 g/mol. The molecule has 21 heavy (non-hydrogen) atoms. The summed E-state index contributed by atoms with van der Waals surface area (Å²) >= 11 is 0. The van der Waals surface area contributed by atoms with Gasteiger partial charge in [0.1, 0.15) is 0 Å². The summed E-state index contributed by atoms with van der Waals surface area (Å²) in [5.74, 6) is 0.534. The van der Waals surface area contributed by atoms with E-state index in [1.807, 2.05) is 0 Å². The third-order valence-electron chi connectivity index (χ3n) is 4.63. The van der Waals surface area contributed by atoms with Crippen LogP contribution in [0.5, 0.6) is 0 Å². The van der Waals surface area contributed by atoms with E-state index < -0.39 is 0 Å². The zero-order chi connectivity index (χ0) is 14.7. The van der Waals surface area contributed by atoms with Crippen molar-refractivity contribution in [2.24, 2.45) is 11.7 Å². The molecule has 110 valence electrons. The van der Waals surface area contributed by atoms with Crippen LogP contribution in [-0.4, -0.2) is 6.54 Å². The molecule has 0 saturated heterocycles. The second-order valence-corrected chi connectivity index (χ2v) is 6.46. The summed E-state index contributed by atoms with van der Waals surface area (Å²) in [7, 11) is 0. The van der Waals surface area contributed by atoms with E-state index in [-0.39, 0.29) is 0 Å². The molecule has 1 nitrogen and oxygen atoms in total. The Hall–Kier alpha value is -1.60. The van der Waals surface area contributed by atoms with Gasteiger partial charge in [-0.1, -0.05) is 48.0 Å². The molecule has 2 aromatic rings. The number of aryl methyl sites for hydroxylation is 3. The van der Waals surface area contributed by atoms with E-state index in [0.29, 0.717) is 5.92 Å². The molecule has 0 bridgehead atoms. The highest BCUT2D eigenvalue weighted by Gasteiger charge is 2.13. The van der Waals surface area contributed by atoms with Crippen molar-refractivity contribution in [2.75, 3.05) is 6.54 Å². The number of benzene rings is 2. The molecule has 3 rings (SSSR count). The Morgan fingerprint density at radius 3 is 2.48 bits per heavy atom. The van der Waals surface area contributed by atoms with E-state index >= 15 is 0 Å². The molecule has 2 N–H and O–H groups in total. The predicted molar refractivity (Wildman–Crippen MR) is 89.6 cm³/mol. The first-order valence-corrected chi connectivity index (χ1v) is 8.11. The van der Waals surface area contributed by atoms with Gasteiger partial charge in [-0.05, 0) is 73.7 Å². The number of hydrogen-bond donors (Lipinski definition) is 1. The fraction of sp³-hybridized carbons (Fsp3) is 0.400. The lowest BCUT2D eigenvalue weighted by atomic mass is 9.91. The van der Waals surface area contributed by atoms with Gasteiger partial charge in [0.05, 0.1) is 0 Å².